The van der Waals surface area contributed by atoms with Crippen LogP contribution >= 0.6 is 0 Å². The molecule has 1 amide bonds. The lowest BCUT2D eigenvalue weighted by molar-refractivity contribution is -0.383. The highest BCUT2D eigenvalue weighted by Crippen LogP contribution is 2.38. The van der Waals surface area contributed by atoms with E-state index in [2.05, 4.69) is 5.32 Å². The van der Waals surface area contributed by atoms with Crippen LogP contribution in [0.25, 0.3) is 22.3 Å². The predicted molar refractivity (Wildman–Crippen MR) is 150 cm³/mol. The molecule has 1 heterocycles. The number of carbonyl (C=O) groups excluding carboxylic acids is 1. The summed E-state index contributed by atoms with van der Waals surface area (Å²) in [6, 6.07) is 28.2. The van der Waals surface area contributed by atoms with Crippen molar-refractivity contribution in [2.24, 2.45) is 0 Å². The monoisotopic (exact) mass is 536 g/mol. The summed E-state index contributed by atoms with van der Waals surface area (Å²) in [5, 5.41) is 14.2. The van der Waals surface area contributed by atoms with Crippen LogP contribution in [0.2, 0.25) is 0 Å². The minimum absolute atomic E-state index is 0.0196. The molecule has 0 saturated carbocycles. The van der Waals surface area contributed by atoms with E-state index < -0.39 is 21.9 Å². The number of nitro benzene ring substituents is 1. The lowest BCUT2D eigenvalue weighted by Gasteiger charge is -2.14. The van der Waals surface area contributed by atoms with Crippen LogP contribution in [0, 0.1) is 10.1 Å². The molecule has 0 spiro atoms. The molecule has 0 aliphatic rings. The highest BCUT2D eigenvalue weighted by Gasteiger charge is 2.26. The van der Waals surface area contributed by atoms with Gasteiger partial charge in [0.25, 0.3) is 0 Å². The van der Waals surface area contributed by atoms with E-state index in [0.717, 1.165) is 11.1 Å². The number of fused-ring (bicyclic) bond motifs is 1. The van der Waals surface area contributed by atoms with Gasteiger partial charge in [-0.3, -0.25) is 19.7 Å². The van der Waals surface area contributed by atoms with E-state index in [1.807, 2.05) is 60.7 Å². The van der Waals surface area contributed by atoms with Crippen LogP contribution in [-0.4, -0.2) is 10.8 Å². The molecule has 0 fully saturated rings. The van der Waals surface area contributed by atoms with Crippen molar-refractivity contribution in [2.45, 2.75) is 20.1 Å². The number of amides is 1. The second-order valence-corrected chi connectivity index (χ2v) is 8.94. The van der Waals surface area contributed by atoms with E-state index in [-0.39, 0.29) is 34.8 Å². The minimum Gasteiger partial charge on any atom is -0.489 e. The van der Waals surface area contributed by atoms with E-state index in [1.165, 1.54) is 19.1 Å². The van der Waals surface area contributed by atoms with Crippen molar-refractivity contribution >= 4 is 28.3 Å². The van der Waals surface area contributed by atoms with Crippen LogP contribution in [0.3, 0.4) is 0 Å². The lowest BCUT2D eigenvalue weighted by Crippen LogP contribution is -2.14. The summed E-state index contributed by atoms with van der Waals surface area (Å²) in [5.41, 5.74) is 1.01. The summed E-state index contributed by atoms with van der Waals surface area (Å²) in [6.45, 7) is 1.69. The summed E-state index contributed by atoms with van der Waals surface area (Å²) < 4.78 is 17.9. The number of nitrogens with zero attached hydrogens (tertiary/aromatic N) is 1. The van der Waals surface area contributed by atoms with Gasteiger partial charge in [-0.2, -0.15) is 0 Å². The molecule has 0 radical (unpaired) electrons. The molecule has 1 N–H and O–H groups in total. The number of hydrogen-bond donors (Lipinski definition) is 1. The molecule has 0 atom stereocenters. The molecule has 4 aromatic carbocycles. The molecular weight excluding hydrogens is 512 g/mol. The molecule has 0 aliphatic heterocycles. The summed E-state index contributed by atoms with van der Waals surface area (Å²) in [4.78, 5) is 36.9. The number of carbonyl (C=O) groups is 1. The quantitative estimate of drug-likeness (QED) is 0.169. The van der Waals surface area contributed by atoms with Gasteiger partial charge in [-0.25, -0.2) is 0 Å². The maximum atomic E-state index is 13.9. The topological polar surface area (TPSA) is 121 Å². The van der Waals surface area contributed by atoms with Gasteiger partial charge < -0.3 is 19.2 Å². The van der Waals surface area contributed by atoms with Crippen LogP contribution < -0.4 is 20.2 Å². The molecular formula is C31H24N2O7. The molecule has 0 bridgehead atoms. The van der Waals surface area contributed by atoms with E-state index in [0.29, 0.717) is 17.9 Å². The third-order valence-electron chi connectivity index (χ3n) is 6.08. The first-order valence-corrected chi connectivity index (χ1v) is 12.4. The summed E-state index contributed by atoms with van der Waals surface area (Å²) in [7, 11) is 0. The molecule has 5 aromatic rings. The minimum atomic E-state index is -0.649. The molecule has 1 aromatic heterocycles. The normalized spacial score (nSPS) is 10.7. The second-order valence-electron chi connectivity index (χ2n) is 8.94. The van der Waals surface area contributed by atoms with Gasteiger partial charge in [0.05, 0.1) is 16.0 Å². The number of anilines is 1. The number of hydrogen-bond acceptors (Lipinski definition) is 7. The fourth-order valence-electron chi connectivity index (χ4n) is 4.20. The van der Waals surface area contributed by atoms with Crippen LogP contribution in [0.15, 0.2) is 106 Å². The molecule has 9 heteroatoms. The van der Waals surface area contributed by atoms with Crippen LogP contribution in [0.1, 0.15) is 18.1 Å². The third-order valence-corrected chi connectivity index (χ3v) is 6.08. The molecule has 0 unspecified atom stereocenters. The van der Waals surface area contributed by atoms with Crippen molar-refractivity contribution < 1.29 is 23.6 Å². The number of benzene rings is 4. The van der Waals surface area contributed by atoms with Crippen molar-refractivity contribution in [1.82, 2.24) is 0 Å². The zero-order chi connectivity index (χ0) is 28.1. The van der Waals surface area contributed by atoms with Gasteiger partial charge in [0.1, 0.15) is 19.0 Å². The van der Waals surface area contributed by atoms with Crippen LogP contribution in [0.4, 0.5) is 11.4 Å². The molecule has 200 valence electrons. The molecule has 0 aliphatic carbocycles. The van der Waals surface area contributed by atoms with E-state index in [1.54, 1.807) is 24.3 Å². The van der Waals surface area contributed by atoms with Gasteiger partial charge >= 0.3 is 5.69 Å². The predicted octanol–water partition coefficient (Wildman–Crippen LogP) is 6.48. The Morgan fingerprint density at radius 3 is 2.02 bits per heavy atom. The van der Waals surface area contributed by atoms with Crippen molar-refractivity contribution in [1.29, 1.82) is 0 Å². The van der Waals surface area contributed by atoms with Gasteiger partial charge in [-0.1, -0.05) is 60.7 Å². The van der Waals surface area contributed by atoms with E-state index in [4.69, 9.17) is 13.9 Å². The number of non-ortho nitro benzene ring substituents is 1. The van der Waals surface area contributed by atoms with E-state index >= 15 is 0 Å². The van der Waals surface area contributed by atoms with E-state index in [9.17, 15) is 19.7 Å². The zero-order valence-electron chi connectivity index (χ0n) is 21.5. The highest BCUT2D eigenvalue weighted by atomic mass is 16.6. The van der Waals surface area contributed by atoms with Gasteiger partial charge in [0.15, 0.2) is 5.76 Å². The Bertz CT molecular complexity index is 1730. The average Bonchev–Trinajstić information content (AvgIpc) is 2.96. The lowest BCUT2D eigenvalue weighted by atomic mass is 10.1. The third kappa shape index (κ3) is 5.68. The van der Waals surface area contributed by atoms with Crippen LogP contribution in [0.5, 0.6) is 11.5 Å². The van der Waals surface area contributed by atoms with Gasteiger partial charge in [0, 0.05) is 18.6 Å². The Labute approximate surface area is 228 Å². The average molecular weight is 537 g/mol. The van der Waals surface area contributed by atoms with Crippen molar-refractivity contribution in [3.8, 4) is 22.8 Å². The number of ether oxygens (including phenoxy) is 2. The fourth-order valence-corrected chi connectivity index (χ4v) is 4.20. The van der Waals surface area contributed by atoms with Crippen molar-refractivity contribution in [3.63, 3.8) is 0 Å². The summed E-state index contributed by atoms with van der Waals surface area (Å²) in [5.74, 6) is 0.0189. The Morgan fingerprint density at radius 1 is 0.850 bits per heavy atom. The maximum absolute atomic E-state index is 13.9. The first-order chi connectivity index (χ1) is 19.4. The smallest absolute Gasteiger partial charge is 0.312 e. The van der Waals surface area contributed by atoms with Gasteiger partial charge in [-0.05, 0) is 41.5 Å². The standard InChI is InChI=1S/C31H24N2O7/c1-20(34)32-25-16-17-26(33(36)37)30-27(25)28(35)31(39-19-22-10-6-3-7-11-22)29(40-30)23-12-14-24(15-13-23)38-18-21-8-4-2-5-9-21/h2-17H,18-19H2,1H3,(H,32,34). The molecule has 40 heavy (non-hydrogen) atoms. The van der Waals surface area contributed by atoms with Crippen molar-refractivity contribution in [3.05, 3.63) is 129 Å². The molecule has 0 saturated heterocycles. The highest BCUT2D eigenvalue weighted by molar-refractivity contribution is 6.03. The number of rotatable bonds is 9. The summed E-state index contributed by atoms with van der Waals surface area (Å²) >= 11 is 0. The first kappa shape index (κ1) is 26.2. The Hall–Kier alpha value is -5.44. The maximum Gasteiger partial charge on any atom is 0.312 e. The van der Waals surface area contributed by atoms with Gasteiger partial charge in [-0.15, -0.1) is 0 Å². The molecule has 5 rings (SSSR count). The fraction of sp³-hybridized carbons (Fsp3) is 0.0968. The summed E-state index contributed by atoms with van der Waals surface area (Å²) in [6.07, 6.45) is 0. The van der Waals surface area contributed by atoms with Gasteiger partial charge in [0.2, 0.25) is 22.7 Å². The largest absolute Gasteiger partial charge is 0.489 e. The Morgan fingerprint density at radius 2 is 1.45 bits per heavy atom. The SMILES string of the molecule is CC(=O)Nc1ccc([N+](=O)[O-])c2oc(-c3ccc(OCc4ccccc4)cc3)c(OCc3ccccc3)c(=O)c12. The second kappa shape index (κ2) is 11.5. The van der Waals surface area contributed by atoms with Crippen LogP contribution in [-0.2, 0) is 18.0 Å². The van der Waals surface area contributed by atoms with Crippen molar-refractivity contribution in [2.75, 3.05) is 5.32 Å². The first-order valence-electron chi connectivity index (χ1n) is 12.4. The Kier molecular flexibility index (Phi) is 7.54. The number of nitrogens with one attached hydrogen (secondary N) is 1. The zero-order valence-corrected chi connectivity index (χ0v) is 21.5. The Balaban J connectivity index is 1.61. The number of nitro groups is 1. The molecule has 9 nitrogen and oxygen atoms in total.